The van der Waals surface area contributed by atoms with Gasteiger partial charge in [0.2, 0.25) is 0 Å². The number of amides is 2. The van der Waals surface area contributed by atoms with Gasteiger partial charge in [-0.1, -0.05) is 36.1 Å². The van der Waals surface area contributed by atoms with Crippen molar-refractivity contribution in [2.24, 2.45) is 0 Å². The standard InChI is InChI=1S/C21H17NO3/c23-15-17-10-7-9-16(14-17)8-3-1-2-6-13-22-20(24)18-11-4-5-12-19(18)21(22)25/h4-5,7,9-12,14-15H,1-2,6,13H2. The van der Waals surface area contributed by atoms with E-state index in [1.807, 2.05) is 6.07 Å². The highest BCUT2D eigenvalue weighted by Gasteiger charge is 2.34. The van der Waals surface area contributed by atoms with Crippen molar-refractivity contribution < 1.29 is 14.4 Å². The number of hydrogen-bond donors (Lipinski definition) is 0. The van der Waals surface area contributed by atoms with Gasteiger partial charge in [-0.15, -0.1) is 0 Å². The van der Waals surface area contributed by atoms with Crippen LogP contribution in [0.4, 0.5) is 0 Å². The van der Waals surface area contributed by atoms with Gasteiger partial charge in [-0.2, -0.15) is 0 Å². The first-order chi connectivity index (χ1) is 12.2. The van der Waals surface area contributed by atoms with Crippen molar-refractivity contribution in [2.75, 3.05) is 6.54 Å². The molecule has 2 amide bonds. The van der Waals surface area contributed by atoms with Crippen LogP contribution in [0.15, 0.2) is 48.5 Å². The lowest BCUT2D eigenvalue weighted by molar-refractivity contribution is 0.0651. The third-order valence-corrected chi connectivity index (χ3v) is 4.07. The molecule has 0 saturated heterocycles. The van der Waals surface area contributed by atoms with Crippen LogP contribution in [0.2, 0.25) is 0 Å². The molecule has 4 heteroatoms. The summed E-state index contributed by atoms with van der Waals surface area (Å²) in [6, 6.07) is 14.1. The molecule has 2 aromatic rings. The number of hydrogen-bond acceptors (Lipinski definition) is 3. The second-order valence-electron chi connectivity index (χ2n) is 5.81. The SMILES string of the molecule is O=Cc1cccc(C#CCCCCN2C(=O)c3ccccc3C2=O)c1. The number of benzene rings is 2. The average Bonchev–Trinajstić information content (AvgIpc) is 2.89. The van der Waals surface area contributed by atoms with Gasteiger partial charge in [0.1, 0.15) is 6.29 Å². The number of aldehydes is 1. The van der Waals surface area contributed by atoms with Crippen LogP contribution in [0.25, 0.3) is 0 Å². The summed E-state index contributed by atoms with van der Waals surface area (Å²) in [4.78, 5) is 36.5. The van der Waals surface area contributed by atoms with Gasteiger partial charge < -0.3 is 0 Å². The smallest absolute Gasteiger partial charge is 0.261 e. The van der Waals surface area contributed by atoms with Crippen molar-refractivity contribution in [1.82, 2.24) is 4.90 Å². The highest BCUT2D eigenvalue weighted by atomic mass is 16.2. The summed E-state index contributed by atoms with van der Waals surface area (Å²) in [5.41, 5.74) is 2.40. The Labute approximate surface area is 146 Å². The number of carbonyl (C=O) groups is 3. The van der Waals surface area contributed by atoms with Crippen molar-refractivity contribution in [3.05, 3.63) is 70.8 Å². The van der Waals surface area contributed by atoms with E-state index in [0.717, 1.165) is 18.3 Å². The molecule has 3 rings (SSSR count). The van der Waals surface area contributed by atoms with Gasteiger partial charge in [-0.3, -0.25) is 19.3 Å². The van der Waals surface area contributed by atoms with E-state index in [2.05, 4.69) is 11.8 Å². The Bertz CT molecular complexity index is 854. The number of fused-ring (bicyclic) bond motifs is 1. The van der Waals surface area contributed by atoms with E-state index in [1.54, 1.807) is 42.5 Å². The zero-order valence-electron chi connectivity index (χ0n) is 13.7. The van der Waals surface area contributed by atoms with E-state index < -0.39 is 0 Å². The molecule has 0 radical (unpaired) electrons. The monoisotopic (exact) mass is 331 g/mol. The molecule has 0 aliphatic carbocycles. The Morgan fingerprint density at radius 1 is 0.920 bits per heavy atom. The van der Waals surface area contributed by atoms with Crippen LogP contribution in [-0.2, 0) is 0 Å². The lowest BCUT2D eigenvalue weighted by Gasteiger charge is -2.12. The Kier molecular flexibility index (Phi) is 5.06. The topological polar surface area (TPSA) is 54.5 Å². The largest absolute Gasteiger partial charge is 0.298 e. The normalized spacial score (nSPS) is 12.6. The molecule has 25 heavy (non-hydrogen) atoms. The van der Waals surface area contributed by atoms with Crippen molar-refractivity contribution in [3.63, 3.8) is 0 Å². The van der Waals surface area contributed by atoms with E-state index in [4.69, 9.17) is 0 Å². The van der Waals surface area contributed by atoms with Gasteiger partial charge in [0, 0.05) is 24.1 Å². The quantitative estimate of drug-likeness (QED) is 0.365. The summed E-state index contributed by atoms with van der Waals surface area (Å²) in [7, 11) is 0. The first-order valence-corrected chi connectivity index (χ1v) is 8.20. The Hall–Kier alpha value is -3.19. The van der Waals surface area contributed by atoms with Crippen molar-refractivity contribution >= 4 is 18.1 Å². The summed E-state index contributed by atoms with van der Waals surface area (Å²) in [6.07, 6.45) is 2.99. The third kappa shape index (κ3) is 3.67. The molecule has 0 spiro atoms. The molecule has 0 aromatic heterocycles. The Morgan fingerprint density at radius 2 is 1.64 bits per heavy atom. The number of nitrogens with zero attached hydrogens (tertiary/aromatic N) is 1. The van der Waals surface area contributed by atoms with E-state index in [9.17, 15) is 14.4 Å². The molecule has 1 heterocycles. The van der Waals surface area contributed by atoms with Gasteiger partial charge in [0.15, 0.2) is 0 Å². The maximum atomic E-state index is 12.2. The molecule has 2 aromatic carbocycles. The van der Waals surface area contributed by atoms with Gasteiger partial charge >= 0.3 is 0 Å². The summed E-state index contributed by atoms with van der Waals surface area (Å²) in [5, 5.41) is 0. The van der Waals surface area contributed by atoms with Crippen LogP contribution in [0.3, 0.4) is 0 Å². The minimum atomic E-state index is -0.211. The minimum absolute atomic E-state index is 0.211. The molecular formula is C21H17NO3. The maximum Gasteiger partial charge on any atom is 0.261 e. The van der Waals surface area contributed by atoms with Gasteiger partial charge in [-0.25, -0.2) is 0 Å². The number of imide groups is 1. The van der Waals surface area contributed by atoms with E-state index in [-0.39, 0.29) is 11.8 Å². The molecule has 124 valence electrons. The Morgan fingerprint density at radius 3 is 2.32 bits per heavy atom. The fourth-order valence-corrected chi connectivity index (χ4v) is 2.78. The molecule has 0 fully saturated rings. The summed E-state index contributed by atoms with van der Waals surface area (Å²) < 4.78 is 0. The van der Waals surface area contributed by atoms with E-state index in [1.165, 1.54) is 4.90 Å². The summed E-state index contributed by atoms with van der Waals surface area (Å²) in [6.45, 7) is 0.411. The third-order valence-electron chi connectivity index (χ3n) is 4.07. The lowest BCUT2D eigenvalue weighted by Crippen LogP contribution is -2.30. The predicted octanol–water partition coefficient (Wildman–Crippen LogP) is 3.32. The molecule has 4 nitrogen and oxygen atoms in total. The highest BCUT2D eigenvalue weighted by molar-refractivity contribution is 6.21. The molecule has 1 aliphatic heterocycles. The first-order valence-electron chi connectivity index (χ1n) is 8.20. The van der Waals surface area contributed by atoms with Crippen LogP contribution in [-0.4, -0.2) is 29.5 Å². The highest BCUT2D eigenvalue weighted by Crippen LogP contribution is 2.22. The van der Waals surface area contributed by atoms with Gasteiger partial charge in [-0.05, 0) is 37.1 Å². The van der Waals surface area contributed by atoms with Crippen LogP contribution in [0.1, 0.15) is 55.9 Å². The minimum Gasteiger partial charge on any atom is -0.298 e. The van der Waals surface area contributed by atoms with Crippen LogP contribution < -0.4 is 0 Å². The summed E-state index contributed by atoms with van der Waals surface area (Å²) >= 11 is 0. The van der Waals surface area contributed by atoms with Gasteiger partial charge in [0.05, 0.1) is 11.1 Å². The first kappa shape index (κ1) is 16.7. The zero-order chi connectivity index (χ0) is 17.6. The molecule has 0 saturated carbocycles. The molecule has 1 aliphatic rings. The van der Waals surface area contributed by atoms with E-state index in [0.29, 0.717) is 36.1 Å². The number of rotatable bonds is 5. The van der Waals surface area contributed by atoms with Crippen molar-refractivity contribution in [3.8, 4) is 11.8 Å². The van der Waals surface area contributed by atoms with Crippen molar-refractivity contribution in [2.45, 2.75) is 19.3 Å². The maximum absolute atomic E-state index is 12.2. The number of carbonyl (C=O) groups excluding carboxylic acids is 3. The zero-order valence-corrected chi connectivity index (χ0v) is 13.7. The molecular weight excluding hydrogens is 314 g/mol. The summed E-state index contributed by atoms with van der Waals surface area (Å²) in [5.74, 6) is 5.67. The lowest BCUT2D eigenvalue weighted by atomic mass is 10.1. The molecule has 0 unspecified atom stereocenters. The fourth-order valence-electron chi connectivity index (χ4n) is 2.78. The fraction of sp³-hybridized carbons (Fsp3) is 0.190. The molecule has 0 atom stereocenters. The second-order valence-corrected chi connectivity index (χ2v) is 5.81. The molecule has 0 N–H and O–H groups in total. The second kappa shape index (κ2) is 7.59. The molecule has 0 bridgehead atoms. The van der Waals surface area contributed by atoms with E-state index >= 15 is 0 Å². The van der Waals surface area contributed by atoms with Crippen LogP contribution in [0.5, 0.6) is 0 Å². The Balaban J connectivity index is 1.49. The van der Waals surface area contributed by atoms with Crippen LogP contribution in [0, 0.1) is 11.8 Å². The van der Waals surface area contributed by atoms with Crippen LogP contribution >= 0.6 is 0 Å². The van der Waals surface area contributed by atoms with Crippen molar-refractivity contribution in [1.29, 1.82) is 0 Å². The predicted molar refractivity (Wildman–Crippen MR) is 94.4 cm³/mol. The van der Waals surface area contributed by atoms with Gasteiger partial charge in [0.25, 0.3) is 11.8 Å². The number of unbranched alkanes of at least 4 members (excludes halogenated alkanes) is 2. The average molecular weight is 331 g/mol.